The summed E-state index contributed by atoms with van der Waals surface area (Å²) in [5, 5.41) is 5.05. The molecule has 0 spiro atoms. The number of rotatable bonds is 2. The first-order chi connectivity index (χ1) is 12.9. The largest absolute Gasteiger partial charge is 0.0616 e. The highest BCUT2D eigenvalue weighted by atomic mass is 14.1. The van der Waals surface area contributed by atoms with Crippen LogP contribution in [-0.4, -0.2) is 0 Å². The minimum atomic E-state index is 1.15. The predicted octanol–water partition coefficient (Wildman–Crippen LogP) is 7.13. The van der Waals surface area contributed by atoms with Gasteiger partial charge >= 0.3 is 0 Å². The van der Waals surface area contributed by atoms with Crippen molar-refractivity contribution in [2.45, 2.75) is 0 Å². The normalized spacial score (nSPS) is 11.1. The molecule has 0 bridgehead atoms. The summed E-state index contributed by atoms with van der Waals surface area (Å²) in [6, 6.07) is 40.0. The first-order valence-electron chi connectivity index (χ1n) is 8.87. The SMILES string of the molecule is [c]1cccc(-c2ccc3ccccc3c2)c1-c1ccc2ccccc2c1. The van der Waals surface area contributed by atoms with Crippen molar-refractivity contribution in [2.75, 3.05) is 0 Å². The van der Waals surface area contributed by atoms with Gasteiger partial charge in [-0.1, -0.05) is 91.0 Å². The zero-order valence-corrected chi connectivity index (χ0v) is 14.3. The second-order valence-corrected chi connectivity index (χ2v) is 6.58. The van der Waals surface area contributed by atoms with E-state index in [-0.39, 0.29) is 0 Å². The molecule has 0 aliphatic rings. The summed E-state index contributed by atoms with van der Waals surface area (Å²) in [6.45, 7) is 0. The van der Waals surface area contributed by atoms with Crippen LogP contribution in [0.15, 0.2) is 103 Å². The maximum atomic E-state index is 3.46. The van der Waals surface area contributed by atoms with Crippen LogP contribution in [0, 0.1) is 6.07 Å². The summed E-state index contributed by atoms with van der Waals surface area (Å²) in [6.07, 6.45) is 0. The van der Waals surface area contributed by atoms with Crippen LogP contribution >= 0.6 is 0 Å². The molecule has 5 aromatic carbocycles. The summed E-state index contributed by atoms with van der Waals surface area (Å²) in [7, 11) is 0. The van der Waals surface area contributed by atoms with E-state index in [1.807, 2.05) is 6.07 Å². The fraction of sp³-hybridized carbons (Fsp3) is 0. The Kier molecular flexibility index (Phi) is 3.54. The van der Waals surface area contributed by atoms with Crippen LogP contribution in [0.5, 0.6) is 0 Å². The average molecular weight is 329 g/mol. The van der Waals surface area contributed by atoms with Crippen molar-refractivity contribution < 1.29 is 0 Å². The van der Waals surface area contributed by atoms with E-state index >= 15 is 0 Å². The van der Waals surface area contributed by atoms with Gasteiger partial charge in [0.05, 0.1) is 0 Å². The maximum absolute atomic E-state index is 3.46. The third-order valence-electron chi connectivity index (χ3n) is 4.95. The van der Waals surface area contributed by atoms with Crippen LogP contribution in [0.3, 0.4) is 0 Å². The van der Waals surface area contributed by atoms with Gasteiger partial charge in [0, 0.05) is 0 Å². The minimum Gasteiger partial charge on any atom is -0.0616 e. The molecule has 0 saturated carbocycles. The summed E-state index contributed by atoms with van der Waals surface area (Å²) in [5.41, 5.74) is 4.79. The lowest BCUT2D eigenvalue weighted by Gasteiger charge is -2.11. The molecule has 0 aliphatic carbocycles. The fourth-order valence-electron chi connectivity index (χ4n) is 3.62. The topological polar surface area (TPSA) is 0 Å². The second kappa shape index (κ2) is 6.16. The zero-order valence-electron chi connectivity index (χ0n) is 14.3. The van der Waals surface area contributed by atoms with E-state index in [0.29, 0.717) is 0 Å². The Hall–Kier alpha value is -3.38. The van der Waals surface area contributed by atoms with Gasteiger partial charge in [-0.2, -0.15) is 0 Å². The Balaban J connectivity index is 1.70. The van der Waals surface area contributed by atoms with E-state index in [9.17, 15) is 0 Å². The van der Waals surface area contributed by atoms with Crippen LogP contribution in [0.25, 0.3) is 43.8 Å². The lowest BCUT2D eigenvalue weighted by molar-refractivity contribution is 1.60. The lowest BCUT2D eigenvalue weighted by atomic mass is 9.92. The Labute approximate surface area is 153 Å². The van der Waals surface area contributed by atoms with Gasteiger partial charge in [-0.25, -0.2) is 0 Å². The molecule has 0 heterocycles. The van der Waals surface area contributed by atoms with Crippen LogP contribution in [0.1, 0.15) is 0 Å². The van der Waals surface area contributed by atoms with E-state index < -0.39 is 0 Å². The van der Waals surface area contributed by atoms with Crippen molar-refractivity contribution in [3.63, 3.8) is 0 Å². The van der Waals surface area contributed by atoms with Crippen LogP contribution in [0.4, 0.5) is 0 Å². The average Bonchev–Trinajstić information content (AvgIpc) is 2.73. The summed E-state index contributed by atoms with van der Waals surface area (Å²) in [5.74, 6) is 0. The summed E-state index contributed by atoms with van der Waals surface area (Å²) in [4.78, 5) is 0. The molecule has 121 valence electrons. The van der Waals surface area contributed by atoms with Crippen molar-refractivity contribution in [3.8, 4) is 22.3 Å². The Bertz CT molecular complexity index is 1130. The van der Waals surface area contributed by atoms with Crippen LogP contribution in [-0.2, 0) is 0 Å². The smallest absolute Gasteiger partial charge is 0.00264 e. The van der Waals surface area contributed by atoms with E-state index in [1.165, 1.54) is 38.2 Å². The number of benzene rings is 5. The highest BCUT2D eigenvalue weighted by Gasteiger charge is 2.08. The molecule has 0 amide bonds. The van der Waals surface area contributed by atoms with E-state index in [4.69, 9.17) is 0 Å². The molecule has 1 radical (unpaired) electrons. The third-order valence-corrected chi connectivity index (χ3v) is 4.95. The van der Waals surface area contributed by atoms with Gasteiger partial charge in [-0.3, -0.25) is 0 Å². The molecule has 0 saturated heterocycles. The van der Waals surface area contributed by atoms with Crippen molar-refractivity contribution in [1.82, 2.24) is 0 Å². The monoisotopic (exact) mass is 329 g/mol. The molecule has 0 unspecified atom stereocenters. The molecule has 5 aromatic rings. The second-order valence-electron chi connectivity index (χ2n) is 6.58. The van der Waals surface area contributed by atoms with Crippen LogP contribution in [0.2, 0.25) is 0 Å². The quantitative estimate of drug-likeness (QED) is 0.323. The van der Waals surface area contributed by atoms with E-state index in [0.717, 1.165) is 5.56 Å². The van der Waals surface area contributed by atoms with Gasteiger partial charge in [-0.05, 0) is 62.0 Å². The van der Waals surface area contributed by atoms with E-state index in [1.54, 1.807) is 0 Å². The molecular formula is C26H17. The first-order valence-corrected chi connectivity index (χ1v) is 8.87. The summed E-state index contributed by atoms with van der Waals surface area (Å²) < 4.78 is 0. The number of fused-ring (bicyclic) bond motifs is 2. The van der Waals surface area contributed by atoms with Crippen LogP contribution < -0.4 is 0 Å². The van der Waals surface area contributed by atoms with Crippen molar-refractivity contribution in [3.05, 3.63) is 109 Å². The number of hydrogen-bond acceptors (Lipinski definition) is 0. The van der Waals surface area contributed by atoms with Gasteiger partial charge in [0.1, 0.15) is 0 Å². The van der Waals surface area contributed by atoms with Gasteiger partial charge in [0.2, 0.25) is 0 Å². The maximum Gasteiger partial charge on any atom is -0.00264 e. The molecular weight excluding hydrogens is 312 g/mol. The Morgan fingerprint density at radius 3 is 1.73 bits per heavy atom. The van der Waals surface area contributed by atoms with E-state index in [2.05, 4.69) is 103 Å². The lowest BCUT2D eigenvalue weighted by Crippen LogP contribution is -1.86. The summed E-state index contributed by atoms with van der Waals surface area (Å²) >= 11 is 0. The highest BCUT2D eigenvalue weighted by molar-refractivity contribution is 5.93. The minimum absolute atomic E-state index is 1.15. The van der Waals surface area contributed by atoms with Gasteiger partial charge < -0.3 is 0 Å². The predicted molar refractivity (Wildman–Crippen MR) is 111 cm³/mol. The molecule has 0 aromatic heterocycles. The molecule has 0 fully saturated rings. The standard InChI is InChI=1S/C26H17/c1-3-9-21-17-23(15-13-19(21)7-1)25-11-5-6-12-26(25)24-16-14-20-8-2-4-10-22(20)18-24/h1-11,13-18H. The van der Waals surface area contributed by atoms with Gasteiger partial charge in [0.15, 0.2) is 0 Å². The fourth-order valence-corrected chi connectivity index (χ4v) is 3.62. The van der Waals surface area contributed by atoms with Crippen molar-refractivity contribution >= 4 is 21.5 Å². The highest BCUT2D eigenvalue weighted by Crippen LogP contribution is 2.34. The zero-order chi connectivity index (χ0) is 17.3. The third kappa shape index (κ3) is 2.57. The van der Waals surface area contributed by atoms with Crippen molar-refractivity contribution in [2.24, 2.45) is 0 Å². The molecule has 0 N–H and O–H groups in total. The first kappa shape index (κ1) is 14.9. The van der Waals surface area contributed by atoms with Gasteiger partial charge in [0.25, 0.3) is 0 Å². The Morgan fingerprint density at radius 1 is 0.462 bits per heavy atom. The van der Waals surface area contributed by atoms with Crippen molar-refractivity contribution in [1.29, 1.82) is 0 Å². The molecule has 5 rings (SSSR count). The molecule has 26 heavy (non-hydrogen) atoms. The molecule has 0 nitrogen and oxygen atoms in total. The molecule has 0 atom stereocenters. The molecule has 0 aliphatic heterocycles. The Morgan fingerprint density at radius 2 is 1.04 bits per heavy atom. The molecule has 0 heteroatoms. The number of hydrogen-bond donors (Lipinski definition) is 0. The van der Waals surface area contributed by atoms with Gasteiger partial charge in [-0.15, -0.1) is 0 Å².